The van der Waals surface area contributed by atoms with Gasteiger partial charge in [-0.25, -0.2) is 9.78 Å². The molecule has 0 bridgehead atoms. The van der Waals surface area contributed by atoms with Gasteiger partial charge in [-0.1, -0.05) is 29.8 Å². The average molecular weight is 469 g/mol. The molecule has 4 rings (SSSR count). The van der Waals surface area contributed by atoms with Crippen LogP contribution >= 0.6 is 11.6 Å². The fraction of sp³-hybridized carbons (Fsp3) is 0.519. The van der Waals surface area contributed by atoms with Gasteiger partial charge in [0.25, 0.3) is 0 Å². The van der Waals surface area contributed by atoms with Crippen LogP contribution in [0, 0.1) is 5.92 Å². The van der Waals surface area contributed by atoms with Crippen molar-refractivity contribution in [2.24, 2.45) is 5.92 Å². The Morgan fingerprint density at radius 3 is 2.21 bits per heavy atom. The second kappa shape index (κ2) is 9.84. The number of carbonyl (C=O) groups is 2. The van der Waals surface area contributed by atoms with E-state index in [0.29, 0.717) is 23.2 Å². The number of pyridine rings is 1. The zero-order valence-electron chi connectivity index (χ0n) is 19.7. The van der Waals surface area contributed by atoms with Crippen LogP contribution in [0.4, 0.5) is 4.79 Å². The van der Waals surface area contributed by atoms with E-state index in [1.165, 1.54) is 5.56 Å². The first-order valence-corrected chi connectivity index (χ1v) is 12.3. The van der Waals surface area contributed by atoms with Gasteiger partial charge in [0.05, 0.1) is 5.69 Å². The average Bonchev–Trinajstić information content (AvgIpc) is 3.62. The summed E-state index contributed by atoms with van der Waals surface area (Å²) in [6.45, 7) is 5.75. The number of ether oxygens (including phenoxy) is 1. The summed E-state index contributed by atoms with van der Waals surface area (Å²) in [4.78, 5) is 30.2. The Labute approximate surface area is 201 Å². The lowest BCUT2D eigenvalue weighted by Crippen LogP contribution is -2.40. The van der Waals surface area contributed by atoms with Gasteiger partial charge in [-0.3, -0.25) is 4.79 Å². The van der Waals surface area contributed by atoms with Crippen LogP contribution in [0.2, 0.25) is 5.02 Å². The molecule has 1 aromatic heterocycles. The number of rotatable bonds is 6. The van der Waals surface area contributed by atoms with E-state index < -0.39 is 6.09 Å². The van der Waals surface area contributed by atoms with Crippen molar-refractivity contribution in [3.8, 4) is 0 Å². The van der Waals surface area contributed by atoms with Gasteiger partial charge in [0.2, 0.25) is 0 Å². The third kappa shape index (κ3) is 6.35. The summed E-state index contributed by atoms with van der Waals surface area (Å²) in [5.74, 6) is 1.05. The van der Waals surface area contributed by atoms with Crippen LogP contribution in [0.25, 0.3) is 0 Å². The topological polar surface area (TPSA) is 68.3 Å². The van der Waals surface area contributed by atoms with Gasteiger partial charge in [0.1, 0.15) is 12.3 Å². The number of aromatic nitrogens is 1. The molecular weight excluding hydrogens is 436 g/mol. The molecule has 1 aromatic carbocycles. The quantitative estimate of drug-likeness (QED) is 0.473. The predicted octanol–water partition coefficient (Wildman–Crippen LogP) is 6.79. The van der Waals surface area contributed by atoms with Crippen LogP contribution in [0.5, 0.6) is 0 Å². The number of halogens is 1. The van der Waals surface area contributed by atoms with Crippen molar-refractivity contribution in [1.29, 1.82) is 0 Å². The van der Waals surface area contributed by atoms with Crippen LogP contribution in [0.1, 0.15) is 98.4 Å². The Bertz CT molecular complexity index is 1000. The van der Waals surface area contributed by atoms with Gasteiger partial charge >= 0.3 is 6.09 Å². The third-order valence-corrected chi connectivity index (χ3v) is 6.75. The highest BCUT2D eigenvalue weighted by Crippen LogP contribution is 2.43. The van der Waals surface area contributed by atoms with Crippen LogP contribution in [-0.2, 0) is 11.3 Å². The highest BCUT2D eigenvalue weighted by molar-refractivity contribution is 6.30. The molecule has 6 heteroatoms. The number of hydrogen-bond acceptors (Lipinski definition) is 4. The zero-order chi connectivity index (χ0) is 23.6. The van der Waals surface area contributed by atoms with Gasteiger partial charge in [-0.15, -0.1) is 0 Å². The van der Waals surface area contributed by atoms with Crippen LogP contribution < -0.4 is 5.32 Å². The van der Waals surface area contributed by atoms with Crippen LogP contribution in [0.15, 0.2) is 36.4 Å². The van der Waals surface area contributed by atoms with E-state index >= 15 is 0 Å². The van der Waals surface area contributed by atoms with E-state index in [1.807, 2.05) is 45.0 Å². The monoisotopic (exact) mass is 468 g/mol. The van der Waals surface area contributed by atoms with Crippen molar-refractivity contribution in [2.75, 3.05) is 0 Å². The first kappa shape index (κ1) is 23.7. The molecule has 0 radical (unpaired) electrons. The normalized spacial score (nSPS) is 20.8. The van der Waals surface area contributed by atoms with Gasteiger partial charge in [0, 0.05) is 16.5 Å². The Balaban J connectivity index is 1.42. The SMILES string of the molecule is CC(C)(C)NC(=O)OCc1ccc(C2CC2)c(C(=O)C2CCC(c3ccc(Cl)cc3)CC2)n1. The second-order valence-electron chi connectivity index (χ2n) is 10.4. The Morgan fingerprint density at radius 2 is 1.61 bits per heavy atom. The molecule has 1 N–H and O–H groups in total. The van der Waals surface area contributed by atoms with Crippen LogP contribution in [0.3, 0.4) is 0 Å². The molecule has 1 heterocycles. The maximum absolute atomic E-state index is 13.5. The Kier molecular flexibility index (Phi) is 7.08. The molecule has 0 saturated heterocycles. The molecule has 1 amide bonds. The molecule has 0 unspecified atom stereocenters. The van der Waals surface area contributed by atoms with Crippen molar-refractivity contribution in [1.82, 2.24) is 10.3 Å². The minimum atomic E-state index is -0.482. The van der Waals surface area contributed by atoms with Crippen molar-refractivity contribution >= 4 is 23.5 Å². The molecule has 0 spiro atoms. The fourth-order valence-corrected chi connectivity index (χ4v) is 4.74. The summed E-state index contributed by atoms with van der Waals surface area (Å²) in [6.07, 6.45) is 5.45. The van der Waals surface area contributed by atoms with Crippen LogP contribution in [-0.4, -0.2) is 22.4 Å². The molecule has 5 nitrogen and oxygen atoms in total. The molecule has 176 valence electrons. The molecule has 2 aliphatic rings. The number of nitrogens with zero attached hydrogens (tertiary/aromatic N) is 1. The van der Waals surface area contributed by atoms with E-state index in [1.54, 1.807) is 0 Å². The van der Waals surface area contributed by atoms with Gasteiger partial charge in [-0.2, -0.15) is 0 Å². The number of amides is 1. The van der Waals surface area contributed by atoms with E-state index in [0.717, 1.165) is 49.1 Å². The summed E-state index contributed by atoms with van der Waals surface area (Å²) in [5, 5.41) is 3.53. The largest absolute Gasteiger partial charge is 0.443 e. The predicted molar refractivity (Wildman–Crippen MR) is 130 cm³/mol. The lowest BCUT2D eigenvalue weighted by atomic mass is 9.76. The van der Waals surface area contributed by atoms with E-state index in [2.05, 4.69) is 17.4 Å². The molecule has 2 aliphatic carbocycles. The maximum Gasteiger partial charge on any atom is 0.407 e. The molecule has 0 aliphatic heterocycles. The summed E-state index contributed by atoms with van der Waals surface area (Å²) in [5.41, 5.74) is 3.19. The Morgan fingerprint density at radius 1 is 0.970 bits per heavy atom. The standard InChI is InChI=1S/C27H33ClN2O3/c1-27(2,3)30-26(32)33-16-22-14-15-23(19-6-7-19)24(29-22)25(31)20-8-4-17(5-9-20)18-10-12-21(28)13-11-18/h10-15,17,19-20H,4-9,16H2,1-3H3,(H,30,32). The molecular formula is C27H33ClN2O3. The number of hydrogen-bond donors (Lipinski definition) is 1. The summed E-state index contributed by atoms with van der Waals surface area (Å²) >= 11 is 6.03. The number of nitrogens with one attached hydrogen (secondary N) is 1. The van der Waals surface area contributed by atoms with Crippen molar-refractivity contribution in [3.63, 3.8) is 0 Å². The van der Waals surface area contributed by atoms with Gasteiger partial charge in [-0.05, 0) is 100 Å². The number of Topliss-reactive ketones (excluding diaryl/α,β-unsaturated/α-hetero) is 1. The second-order valence-corrected chi connectivity index (χ2v) is 10.9. The number of ketones is 1. The highest BCUT2D eigenvalue weighted by Gasteiger charge is 2.34. The van der Waals surface area contributed by atoms with E-state index in [9.17, 15) is 9.59 Å². The first-order valence-electron chi connectivity index (χ1n) is 11.9. The molecule has 33 heavy (non-hydrogen) atoms. The summed E-state index contributed by atoms with van der Waals surface area (Å²) in [7, 11) is 0. The van der Waals surface area contributed by atoms with Gasteiger partial charge in [0.15, 0.2) is 5.78 Å². The molecule has 2 aromatic rings. The Hall–Kier alpha value is -2.40. The zero-order valence-corrected chi connectivity index (χ0v) is 20.5. The lowest BCUT2D eigenvalue weighted by Gasteiger charge is -2.28. The minimum Gasteiger partial charge on any atom is -0.443 e. The lowest BCUT2D eigenvalue weighted by molar-refractivity contribution is 0.0876. The number of benzene rings is 1. The van der Waals surface area contributed by atoms with E-state index in [4.69, 9.17) is 21.3 Å². The maximum atomic E-state index is 13.5. The van der Waals surface area contributed by atoms with Crippen molar-refractivity contribution in [2.45, 2.75) is 83.3 Å². The number of alkyl carbamates (subject to hydrolysis) is 1. The number of carbonyl (C=O) groups excluding carboxylic acids is 2. The van der Waals surface area contributed by atoms with Gasteiger partial charge < -0.3 is 10.1 Å². The van der Waals surface area contributed by atoms with Crippen molar-refractivity contribution in [3.05, 3.63) is 63.9 Å². The molecule has 2 fully saturated rings. The molecule has 2 saturated carbocycles. The highest BCUT2D eigenvalue weighted by atomic mass is 35.5. The third-order valence-electron chi connectivity index (χ3n) is 6.50. The van der Waals surface area contributed by atoms with Crippen molar-refractivity contribution < 1.29 is 14.3 Å². The smallest absolute Gasteiger partial charge is 0.407 e. The first-order chi connectivity index (χ1) is 15.7. The summed E-state index contributed by atoms with van der Waals surface area (Å²) < 4.78 is 5.34. The minimum absolute atomic E-state index is 0.00101. The molecule has 0 atom stereocenters. The summed E-state index contributed by atoms with van der Waals surface area (Å²) in [6, 6.07) is 12.0. The fourth-order valence-electron chi connectivity index (χ4n) is 4.61. The van der Waals surface area contributed by atoms with E-state index in [-0.39, 0.29) is 23.8 Å².